The van der Waals surface area contributed by atoms with Crippen LogP contribution in [0.1, 0.15) is 37.7 Å². The number of hydrogen-bond acceptors (Lipinski definition) is 9. The van der Waals surface area contributed by atoms with Crippen LogP contribution in [0.2, 0.25) is 0 Å². The lowest BCUT2D eigenvalue weighted by Gasteiger charge is -2.35. The van der Waals surface area contributed by atoms with E-state index in [9.17, 15) is 9.18 Å². The number of nitrogens with one attached hydrogen (secondary N) is 1. The number of carbonyl (C=O) groups excluding carboxylic acids is 1. The highest BCUT2D eigenvalue weighted by atomic mass is 19.1. The zero-order valence-electron chi connectivity index (χ0n) is 28.2. The fourth-order valence-corrected chi connectivity index (χ4v) is 8.42. The molecule has 0 radical (unpaired) electrons. The van der Waals surface area contributed by atoms with Crippen molar-refractivity contribution >= 4 is 33.6 Å². The molecule has 4 aromatic rings. The predicted octanol–water partition coefficient (Wildman–Crippen LogP) is 5.29. The van der Waals surface area contributed by atoms with Gasteiger partial charge in [-0.15, -0.1) is 6.42 Å². The lowest BCUT2D eigenvalue weighted by atomic mass is 9.94. The van der Waals surface area contributed by atoms with Crippen LogP contribution in [0.3, 0.4) is 0 Å². The molecule has 50 heavy (non-hydrogen) atoms. The van der Waals surface area contributed by atoms with Gasteiger partial charge in [0, 0.05) is 69.0 Å². The molecular formula is C38H39F2N7O3. The summed E-state index contributed by atoms with van der Waals surface area (Å²) in [7, 11) is 3.32. The standard InChI is InChI=1S/C38H39F2N7O3/c1-5-27-30(39)12-9-23-7-6-8-28(31(23)27)33-32(40)34-29(16-41-33)35(46-18-24-10-11-25(19-46)42-24)44-36(43-34)50-21-38-14-13-26(20-49-37(48)45(3)4)47(38)17-22(2)15-38/h1,6-9,12,16,24-26,42H,2,10-11,13-15,17-21H2,3-4H3/t24?,25?,26-,38-/m0/s1. The Morgan fingerprint density at radius 3 is 2.72 bits per heavy atom. The lowest BCUT2D eigenvalue weighted by molar-refractivity contribution is 0.0485. The molecule has 1 amide bonds. The Balaban J connectivity index is 1.18. The number of piperazine rings is 1. The molecule has 4 aliphatic rings. The normalized spacial score (nSPS) is 24.5. The van der Waals surface area contributed by atoms with E-state index < -0.39 is 11.6 Å². The number of amides is 1. The number of benzene rings is 2. The maximum atomic E-state index is 16.9. The number of rotatable bonds is 7. The van der Waals surface area contributed by atoms with Crippen molar-refractivity contribution in [2.45, 2.75) is 55.8 Å². The first kappa shape index (κ1) is 32.4. The number of aromatic nitrogens is 3. The Labute approximate surface area is 289 Å². The van der Waals surface area contributed by atoms with Gasteiger partial charge < -0.3 is 24.6 Å². The van der Waals surface area contributed by atoms with Crippen molar-refractivity contribution in [3.05, 3.63) is 65.9 Å². The van der Waals surface area contributed by atoms with Gasteiger partial charge >= 0.3 is 12.1 Å². The van der Waals surface area contributed by atoms with Crippen LogP contribution in [-0.2, 0) is 4.74 Å². The predicted molar refractivity (Wildman–Crippen MR) is 187 cm³/mol. The summed E-state index contributed by atoms with van der Waals surface area (Å²) in [6, 6.07) is 8.92. The Bertz CT molecular complexity index is 2070. The van der Waals surface area contributed by atoms with Crippen molar-refractivity contribution in [2.75, 3.05) is 51.8 Å². The molecule has 4 fully saturated rings. The van der Waals surface area contributed by atoms with Gasteiger partial charge in [-0.2, -0.15) is 9.97 Å². The highest BCUT2D eigenvalue weighted by molar-refractivity contribution is 6.02. The topological polar surface area (TPSA) is 96.0 Å². The van der Waals surface area contributed by atoms with Gasteiger partial charge in [0.15, 0.2) is 5.82 Å². The van der Waals surface area contributed by atoms with Crippen molar-refractivity contribution in [3.8, 4) is 29.6 Å². The minimum absolute atomic E-state index is 0.0175. The van der Waals surface area contributed by atoms with Crippen molar-refractivity contribution < 1.29 is 23.0 Å². The maximum absolute atomic E-state index is 16.9. The van der Waals surface area contributed by atoms with Crippen LogP contribution in [0.5, 0.6) is 6.01 Å². The van der Waals surface area contributed by atoms with E-state index >= 15 is 4.39 Å². The summed E-state index contributed by atoms with van der Waals surface area (Å²) in [5, 5.41) is 5.21. The number of hydrogen-bond donors (Lipinski definition) is 1. The van der Waals surface area contributed by atoms with E-state index in [4.69, 9.17) is 20.9 Å². The van der Waals surface area contributed by atoms with Gasteiger partial charge in [-0.3, -0.25) is 9.88 Å². The van der Waals surface area contributed by atoms with Crippen LogP contribution < -0.4 is 15.0 Å². The molecule has 1 N–H and O–H groups in total. The highest BCUT2D eigenvalue weighted by Gasteiger charge is 2.51. The monoisotopic (exact) mass is 679 g/mol. The molecule has 10 nitrogen and oxygen atoms in total. The summed E-state index contributed by atoms with van der Waals surface area (Å²) in [5.74, 6) is 1.79. The fraction of sp³-hybridized carbons (Fsp3) is 0.421. The number of nitrogens with zero attached hydrogens (tertiary/aromatic N) is 6. The van der Waals surface area contributed by atoms with Gasteiger partial charge in [0.2, 0.25) is 0 Å². The van der Waals surface area contributed by atoms with Gasteiger partial charge in [0.25, 0.3) is 0 Å². The zero-order chi connectivity index (χ0) is 34.7. The van der Waals surface area contributed by atoms with Gasteiger partial charge in [-0.25, -0.2) is 13.6 Å². The third kappa shape index (κ3) is 5.49. The molecule has 2 aromatic heterocycles. The summed E-state index contributed by atoms with van der Waals surface area (Å²) < 4.78 is 43.8. The van der Waals surface area contributed by atoms with Gasteiger partial charge in [-0.05, 0) is 43.6 Å². The van der Waals surface area contributed by atoms with Crippen molar-refractivity contribution in [1.29, 1.82) is 0 Å². The lowest BCUT2D eigenvalue weighted by Crippen LogP contribution is -2.51. The molecule has 258 valence electrons. The summed E-state index contributed by atoms with van der Waals surface area (Å²) in [4.78, 5) is 32.3. The molecule has 0 aliphatic carbocycles. The van der Waals surface area contributed by atoms with E-state index in [1.807, 2.05) is 6.07 Å². The van der Waals surface area contributed by atoms with Crippen LogP contribution in [0.4, 0.5) is 19.4 Å². The highest BCUT2D eigenvalue weighted by Crippen LogP contribution is 2.45. The van der Waals surface area contributed by atoms with Crippen molar-refractivity contribution in [1.82, 2.24) is 30.1 Å². The van der Waals surface area contributed by atoms with Crippen molar-refractivity contribution in [3.63, 3.8) is 0 Å². The number of fused-ring (bicyclic) bond motifs is 5. The number of pyridine rings is 1. The summed E-state index contributed by atoms with van der Waals surface area (Å²) in [6.07, 6.45) is 11.5. The second-order valence-corrected chi connectivity index (χ2v) is 14.3. The molecule has 2 unspecified atom stereocenters. The largest absolute Gasteiger partial charge is 0.461 e. The van der Waals surface area contributed by atoms with Crippen LogP contribution in [0.25, 0.3) is 32.9 Å². The van der Waals surface area contributed by atoms with Gasteiger partial charge in [0.1, 0.15) is 36.1 Å². The third-order valence-electron chi connectivity index (χ3n) is 10.8. The third-order valence-corrected chi connectivity index (χ3v) is 10.8. The number of ether oxygens (including phenoxy) is 2. The summed E-state index contributed by atoms with van der Waals surface area (Å²) in [6.45, 7) is 6.90. The van der Waals surface area contributed by atoms with E-state index in [0.717, 1.165) is 37.7 Å². The van der Waals surface area contributed by atoms with E-state index in [-0.39, 0.29) is 53.7 Å². The average Bonchev–Trinajstić information content (AvgIpc) is 3.74. The van der Waals surface area contributed by atoms with Gasteiger partial charge in [0.05, 0.1) is 16.5 Å². The molecule has 0 saturated carbocycles. The number of carbonyl (C=O) groups is 1. The Kier molecular flexibility index (Phi) is 8.07. The molecule has 4 saturated heterocycles. The molecule has 8 rings (SSSR count). The van der Waals surface area contributed by atoms with Crippen LogP contribution in [0, 0.1) is 24.0 Å². The Morgan fingerprint density at radius 1 is 1.16 bits per heavy atom. The minimum atomic E-state index is -0.661. The molecule has 12 heteroatoms. The van der Waals surface area contributed by atoms with E-state index in [0.29, 0.717) is 59.3 Å². The molecular weight excluding hydrogens is 640 g/mol. The Hall–Kier alpha value is -4.86. The second kappa shape index (κ2) is 12.5. The van der Waals surface area contributed by atoms with Crippen molar-refractivity contribution in [2.24, 2.45) is 0 Å². The molecule has 4 aliphatic heterocycles. The number of anilines is 1. The molecule has 2 bridgehead atoms. The number of halogens is 2. The molecule has 0 spiro atoms. The first-order chi connectivity index (χ1) is 24.1. The zero-order valence-corrected chi connectivity index (χ0v) is 28.2. The molecule has 6 heterocycles. The maximum Gasteiger partial charge on any atom is 0.409 e. The average molecular weight is 680 g/mol. The van der Waals surface area contributed by atoms with E-state index in [1.54, 1.807) is 38.5 Å². The summed E-state index contributed by atoms with van der Waals surface area (Å²) >= 11 is 0. The van der Waals surface area contributed by atoms with Crippen LogP contribution in [0.15, 0.2) is 48.7 Å². The fourth-order valence-electron chi connectivity index (χ4n) is 8.42. The minimum Gasteiger partial charge on any atom is -0.461 e. The summed E-state index contributed by atoms with van der Waals surface area (Å²) in [5.41, 5.74) is 1.22. The smallest absolute Gasteiger partial charge is 0.409 e. The van der Waals surface area contributed by atoms with Gasteiger partial charge in [-0.1, -0.05) is 42.3 Å². The quantitative estimate of drug-likeness (QED) is 0.207. The Morgan fingerprint density at radius 2 is 1.96 bits per heavy atom. The molecule has 2 aromatic carbocycles. The van der Waals surface area contributed by atoms with E-state index in [2.05, 4.69) is 37.6 Å². The first-order valence-corrected chi connectivity index (χ1v) is 17.1. The van der Waals surface area contributed by atoms with E-state index in [1.165, 1.54) is 11.0 Å². The first-order valence-electron chi connectivity index (χ1n) is 17.1. The van der Waals surface area contributed by atoms with Crippen LogP contribution in [-0.4, -0.2) is 101 Å². The van der Waals surface area contributed by atoms with Crippen LogP contribution >= 0.6 is 0 Å². The molecule has 4 atom stereocenters. The number of terminal acetylenes is 1. The SMILES string of the molecule is C#Cc1c(F)ccc2cccc(-c3ncc4c(N5CC6CCC(C5)N6)nc(OC[C@@]56CC[C@@H](COC(=O)N(C)C)N5CC(=C)C6)nc4c3F)c12. The second-order valence-electron chi connectivity index (χ2n) is 14.3.